The average Bonchev–Trinajstić information content (AvgIpc) is 3.02. The van der Waals surface area contributed by atoms with Crippen molar-refractivity contribution in [2.24, 2.45) is 0 Å². The van der Waals surface area contributed by atoms with Gasteiger partial charge in [-0.25, -0.2) is 4.98 Å². The molecule has 2 amide bonds. The first-order valence-corrected chi connectivity index (χ1v) is 11.1. The number of hydrogen-bond donors (Lipinski definition) is 0. The van der Waals surface area contributed by atoms with E-state index in [9.17, 15) is 14.4 Å². The van der Waals surface area contributed by atoms with Crippen LogP contribution in [-0.2, 0) is 4.74 Å². The van der Waals surface area contributed by atoms with Gasteiger partial charge in [-0.05, 0) is 37.6 Å². The quantitative estimate of drug-likeness (QED) is 0.233. The van der Waals surface area contributed by atoms with Crippen molar-refractivity contribution in [1.29, 1.82) is 0 Å². The minimum Gasteiger partial charge on any atom is -0.383 e. The van der Waals surface area contributed by atoms with Crippen LogP contribution in [0.2, 0.25) is 0 Å². The van der Waals surface area contributed by atoms with E-state index in [1.165, 1.54) is 16.7 Å². The lowest BCUT2D eigenvalue weighted by molar-refractivity contribution is 0.0655. The molecule has 8 heteroatoms. The molecular weight excluding hydrogens is 414 g/mol. The van der Waals surface area contributed by atoms with E-state index in [1.807, 2.05) is 25.1 Å². The first-order chi connectivity index (χ1) is 15.0. The molecule has 0 radical (unpaired) electrons. The van der Waals surface area contributed by atoms with Gasteiger partial charge >= 0.3 is 0 Å². The molecule has 3 aromatic rings. The molecule has 2 aromatic carbocycles. The summed E-state index contributed by atoms with van der Waals surface area (Å²) in [4.78, 5) is 44.1. The number of benzene rings is 2. The minimum atomic E-state index is -0.250. The van der Waals surface area contributed by atoms with Crippen LogP contribution in [0, 0.1) is 0 Å². The van der Waals surface area contributed by atoms with Crippen LogP contribution in [0.4, 0.5) is 0 Å². The summed E-state index contributed by atoms with van der Waals surface area (Å²) in [5.74, 6) is 0.109. The summed E-state index contributed by atoms with van der Waals surface area (Å²) in [6, 6.07) is 14.0. The lowest BCUT2D eigenvalue weighted by Crippen LogP contribution is -2.31. The Bertz CT molecular complexity index is 1170. The topological polar surface area (TPSA) is 81.5 Å². The summed E-state index contributed by atoms with van der Waals surface area (Å²) in [5, 5.41) is 1.18. The van der Waals surface area contributed by atoms with E-state index in [0.29, 0.717) is 52.5 Å². The molecule has 7 nitrogen and oxygen atoms in total. The van der Waals surface area contributed by atoms with E-state index in [-0.39, 0.29) is 23.4 Å². The van der Waals surface area contributed by atoms with Gasteiger partial charge in [0.1, 0.15) is 0 Å². The van der Waals surface area contributed by atoms with Gasteiger partial charge in [0.25, 0.3) is 17.4 Å². The van der Waals surface area contributed by atoms with Gasteiger partial charge < -0.3 is 4.74 Å². The molecule has 1 aliphatic rings. The third-order valence-electron chi connectivity index (χ3n) is 5.26. The number of hydrogen-bond acceptors (Lipinski definition) is 6. The van der Waals surface area contributed by atoms with Gasteiger partial charge in [0.15, 0.2) is 5.16 Å². The first kappa shape index (κ1) is 21.3. The normalized spacial score (nSPS) is 14.3. The van der Waals surface area contributed by atoms with E-state index in [4.69, 9.17) is 9.72 Å². The molecule has 1 aliphatic heterocycles. The number of carbonyl (C=O) groups is 2. The van der Waals surface area contributed by atoms with Crippen LogP contribution in [0.15, 0.2) is 58.5 Å². The molecular formula is C23H23N3O4S. The van der Waals surface area contributed by atoms with Crippen molar-refractivity contribution in [1.82, 2.24) is 14.5 Å². The smallest absolute Gasteiger partial charge is 0.262 e. The zero-order chi connectivity index (χ0) is 22.0. The Kier molecular flexibility index (Phi) is 6.20. The Hall–Kier alpha value is -2.97. The van der Waals surface area contributed by atoms with E-state index in [0.717, 1.165) is 0 Å². The zero-order valence-corrected chi connectivity index (χ0v) is 18.2. The summed E-state index contributed by atoms with van der Waals surface area (Å²) in [6.45, 7) is 2.64. The Morgan fingerprint density at radius 2 is 1.65 bits per heavy atom. The van der Waals surface area contributed by atoms with Gasteiger partial charge in [0.05, 0.1) is 34.7 Å². The second-order valence-corrected chi connectivity index (χ2v) is 8.46. The van der Waals surface area contributed by atoms with E-state index >= 15 is 0 Å². The van der Waals surface area contributed by atoms with Crippen molar-refractivity contribution in [2.75, 3.05) is 26.0 Å². The van der Waals surface area contributed by atoms with Gasteiger partial charge in [-0.2, -0.15) is 0 Å². The number of imide groups is 1. The zero-order valence-electron chi connectivity index (χ0n) is 17.4. The van der Waals surface area contributed by atoms with Crippen LogP contribution in [-0.4, -0.2) is 52.3 Å². The fourth-order valence-corrected chi connectivity index (χ4v) is 4.78. The predicted octanol–water partition coefficient (Wildman–Crippen LogP) is 3.38. The number of methoxy groups -OCH3 is 1. The van der Waals surface area contributed by atoms with Crippen LogP contribution in [0.25, 0.3) is 10.9 Å². The van der Waals surface area contributed by atoms with Crippen LogP contribution in [0.5, 0.6) is 0 Å². The monoisotopic (exact) mass is 437 g/mol. The van der Waals surface area contributed by atoms with Crippen LogP contribution in [0.3, 0.4) is 0 Å². The molecule has 0 unspecified atom stereocenters. The number of carbonyl (C=O) groups excluding carboxylic acids is 2. The number of nitrogens with zero attached hydrogens (tertiary/aromatic N) is 3. The summed E-state index contributed by atoms with van der Waals surface area (Å²) in [7, 11) is 1.60. The molecule has 2 heterocycles. The van der Waals surface area contributed by atoms with Crippen molar-refractivity contribution in [3.63, 3.8) is 0 Å². The van der Waals surface area contributed by atoms with Crippen molar-refractivity contribution in [3.05, 3.63) is 70.0 Å². The maximum atomic E-state index is 13.1. The Balaban J connectivity index is 1.49. The molecule has 4 rings (SSSR count). The van der Waals surface area contributed by atoms with Crippen molar-refractivity contribution in [3.8, 4) is 0 Å². The standard InChI is InChI=1S/C23H23N3O4S/c1-15(14-30-2)26-22(29)18-10-5-6-11-19(18)24-23(26)31-13-7-12-25-20(27)16-8-3-4-9-17(16)21(25)28/h3-6,8-11,15H,7,12-14H2,1-2H3/t15-/m0/s1. The number of ether oxygens (including phenoxy) is 1. The molecule has 0 fully saturated rings. The molecule has 0 aliphatic carbocycles. The number of para-hydroxylation sites is 1. The lowest BCUT2D eigenvalue weighted by Gasteiger charge is -2.19. The van der Waals surface area contributed by atoms with Gasteiger partial charge in [0, 0.05) is 19.4 Å². The fraction of sp³-hybridized carbons (Fsp3) is 0.304. The number of amides is 2. The second-order valence-electron chi connectivity index (χ2n) is 7.40. The van der Waals surface area contributed by atoms with E-state index in [1.54, 1.807) is 42.0 Å². The maximum absolute atomic E-state index is 13.1. The van der Waals surface area contributed by atoms with E-state index in [2.05, 4.69) is 0 Å². The van der Waals surface area contributed by atoms with Gasteiger partial charge in [-0.15, -0.1) is 0 Å². The van der Waals surface area contributed by atoms with Crippen LogP contribution < -0.4 is 5.56 Å². The van der Waals surface area contributed by atoms with Gasteiger partial charge in [0.2, 0.25) is 0 Å². The van der Waals surface area contributed by atoms with Crippen LogP contribution >= 0.6 is 11.8 Å². The Morgan fingerprint density at radius 1 is 1.00 bits per heavy atom. The molecule has 160 valence electrons. The molecule has 31 heavy (non-hydrogen) atoms. The molecule has 0 bridgehead atoms. The highest BCUT2D eigenvalue weighted by atomic mass is 32.2. The highest BCUT2D eigenvalue weighted by Crippen LogP contribution is 2.25. The van der Waals surface area contributed by atoms with Crippen molar-refractivity contribution in [2.45, 2.75) is 24.5 Å². The molecule has 0 saturated carbocycles. The summed E-state index contributed by atoms with van der Waals surface area (Å²) in [6.07, 6.45) is 0.595. The first-order valence-electron chi connectivity index (χ1n) is 10.1. The average molecular weight is 438 g/mol. The largest absolute Gasteiger partial charge is 0.383 e. The molecule has 1 aromatic heterocycles. The summed E-state index contributed by atoms with van der Waals surface area (Å²) >= 11 is 1.45. The lowest BCUT2D eigenvalue weighted by atomic mass is 10.1. The molecule has 1 atom stereocenters. The predicted molar refractivity (Wildman–Crippen MR) is 120 cm³/mol. The summed E-state index contributed by atoms with van der Waals surface area (Å²) in [5.41, 5.74) is 1.46. The molecule has 0 N–H and O–H groups in total. The number of thioether (sulfide) groups is 1. The number of aromatic nitrogens is 2. The molecule has 0 saturated heterocycles. The Morgan fingerprint density at radius 3 is 2.32 bits per heavy atom. The maximum Gasteiger partial charge on any atom is 0.262 e. The third kappa shape index (κ3) is 4.00. The second kappa shape index (κ2) is 9.03. The third-order valence-corrected chi connectivity index (χ3v) is 6.30. The number of fused-ring (bicyclic) bond motifs is 2. The summed E-state index contributed by atoms with van der Waals surface area (Å²) < 4.78 is 6.91. The fourth-order valence-electron chi connectivity index (χ4n) is 3.76. The highest BCUT2D eigenvalue weighted by molar-refractivity contribution is 7.99. The Labute approximate surface area is 184 Å². The SMILES string of the molecule is COC[C@H](C)n1c(SCCCN2C(=O)c3ccccc3C2=O)nc2ccccc2c1=O. The van der Waals surface area contributed by atoms with E-state index < -0.39 is 0 Å². The van der Waals surface area contributed by atoms with Crippen molar-refractivity contribution < 1.29 is 14.3 Å². The van der Waals surface area contributed by atoms with Crippen molar-refractivity contribution >= 4 is 34.5 Å². The van der Waals surface area contributed by atoms with Gasteiger partial charge in [-0.1, -0.05) is 36.0 Å². The molecule has 0 spiro atoms. The minimum absolute atomic E-state index is 0.0991. The highest BCUT2D eigenvalue weighted by Gasteiger charge is 2.34. The number of rotatable bonds is 8. The van der Waals surface area contributed by atoms with Gasteiger partial charge in [-0.3, -0.25) is 23.9 Å². The van der Waals surface area contributed by atoms with Crippen LogP contribution in [0.1, 0.15) is 40.1 Å².